The number of ether oxygens (including phenoxy) is 1. The molecule has 1 atom stereocenters. The molecule has 2 aromatic rings. The van der Waals surface area contributed by atoms with Crippen molar-refractivity contribution in [3.8, 4) is 5.75 Å². The van der Waals surface area contributed by atoms with Gasteiger partial charge in [-0.3, -0.25) is 0 Å². The van der Waals surface area contributed by atoms with Crippen molar-refractivity contribution in [3.63, 3.8) is 0 Å². The van der Waals surface area contributed by atoms with Crippen molar-refractivity contribution in [1.29, 1.82) is 0 Å². The van der Waals surface area contributed by atoms with E-state index < -0.39 is 6.10 Å². The summed E-state index contributed by atoms with van der Waals surface area (Å²) < 4.78 is 20.3. The van der Waals surface area contributed by atoms with Crippen LogP contribution in [0.1, 0.15) is 16.7 Å². The zero-order valence-corrected chi connectivity index (χ0v) is 13.1. The van der Waals surface area contributed by atoms with Gasteiger partial charge in [0.05, 0.1) is 12.7 Å². The lowest BCUT2D eigenvalue weighted by atomic mass is 9.98. The van der Waals surface area contributed by atoms with Gasteiger partial charge in [0, 0.05) is 23.7 Å². The first-order valence-electron chi connectivity index (χ1n) is 6.99. The topological polar surface area (TPSA) is 29.5 Å². The van der Waals surface area contributed by atoms with Gasteiger partial charge >= 0.3 is 0 Å². The predicted octanol–water partition coefficient (Wildman–Crippen LogP) is 3.67. The molecule has 0 amide bonds. The van der Waals surface area contributed by atoms with Crippen molar-refractivity contribution in [1.82, 2.24) is 0 Å². The predicted molar refractivity (Wildman–Crippen MR) is 83.2 cm³/mol. The largest absolute Gasteiger partial charge is 0.493 e. The summed E-state index contributed by atoms with van der Waals surface area (Å²) in [5.41, 5.74) is 2.68. The van der Waals surface area contributed by atoms with Crippen molar-refractivity contribution in [2.75, 3.05) is 6.61 Å². The molecule has 0 spiro atoms. The molecule has 110 valence electrons. The highest BCUT2D eigenvalue weighted by molar-refractivity contribution is 9.10. The van der Waals surface area contributed by atoms with Crippen LogP contribution in [0.3, 0.4) is 0 Å². The van der Waals surface area contributed by atoms with Crippen LogP contribution in [0.25, 0.3) is 0 Å². The van der Waals surface area contributed by atoms with Crippen LogP contribution in [0, 0.1) is 5.82 Å². The number of benzene rings is 2. The zero-order valence-electron chi connectivity index (χ0n) is 11.5. The van der Waals surface area contributed by atoms with Crippen LogP contribution in [0.4, 0.5) is 4.39 Å². The van der Waals surface area contributed by atoms with E-state index in [9.17, 15) is 9.50 Å². The van der Waals surface area contributed by atoms with Gasteiger partial charge in [-0.1, -0.05) is 34.1 Å². The first-order valence-corrected chi connectivity index (χ1v) is 7.78. The van der Waals surface area contributed by atoms with E-state index in [2.05, 4.69) is 22.0 Å². The maximum Gasteiger partial charge on any atom is 0.126 e. The monoisotopic (exact) mass is 350 g/mol. The van der Waals surface area contributed by atoms with Crippen LogP contribution >= 0.6 is 15.9 Å². The number of aliphatic hydroxyl groups excluding tert-OH is 1. The SMILES string of the molecule is OC(Cc1ccccc1F)Cc1cc(Br)cc2c1OCC2. The summed E-state index contributed by atoms with van der Waals surface area (Å²) >= 11 is 3.49. The molecule has 3 rings (SSSR count). The van der Waals surface area contributed by atoms with E-state index in [1.54, 1.807) is 18.2 Å². The Morgan fingerprint density at radius 2 is 1.95 bits per heavy atom. The summed E-state index contributed by atoms with van der Waals surface area (Å²) in [6, 6.07) is 10.6. The normalized spacial score (nSPS) is 14.6. The molecule has 1 N–H and O–H groups in total. The van der Waals surface area contributed by atoms with E-state index in [1.165, 1.54) is 6.07 Å². The average Bonchev–Trinajstić information content (AvgIpc) is 2.89. The van der Waals surface area contributed by atoms with Crippen LogP contribution in [0.15, 0.2) is 40.9 Å². The van der Waals surface area contributed by atoms with Gasteiger partial charge in [-0.25, -0.2) is 4.39 Å². The number of aliphatic hydroxyl groups is 1. The summed E-state index contributed by atoms with van der Waals surface area (Å²) in [4.78, 5) is 0. The summed E-state index contributed by atoms with van der Waals surface area (Å²) in [5.74, 6) is 0.609. The van der Waals surface area contributed by atoms with E-state index >= 15 is 0 Å². The fourth-order valence-corrected chi connectivity index (χ4v) is 3.29. The van der Waals surface area contributed by atoms with E-state index in [4.69, 9.17) is 4.74 Å². The first-order chi connectivity index (χ1) is 10.1. The molecule has 0 aromatic heterocycles. The Bertz CT molecular complexity index is 657. The minimum Gasteiger partial charge on any atom is -0.493 e. The van der Waals surface area contributed by atoms with E-state index in [0.29, 0.717) is 25.0 Å². The average molecular weight is 351 g/mol. The molecule has 0 fully saturated rings. The smallest absolute Gasteiger partial charge is 0.126 e. The summed E-state index contributed by atoms with van der Waals surface area (Å²) in [6.07, 6.45) is 1.01. The van der Waals surface area contributed by atoms with E-state index in [0.717, 1.165) is 27.8 Å². The highest BCUT2D eigenvalue weighted by Crippen LogP contribution is 2.34. The minimum absolute atomic E-state index is 0.271. The van der Waals surface area contributed by atoms with Crippen LogP contribution in [0.5, 0.6) is 5.75 Å². The highest BCUT2D eigenvalue weighted by Gasteiger charge is 2.20. The molecule has 4 heteroatoms. The van der Waals surface area contributed by atoms with Gasteiger partial charge in [0.1, 0.15) is 11.6 Å². The Balaban J connectivity index is 1.77. The second kappa shape index (κ2) is 6.16. The van der Waals surface area contributed by atoms with Gasteiger partial charge < -0.3 is 9.84 Å². The highest BCUT2D eigenvalue weighted by atomic mass is 79.9. The van der Waals surface area contributed by atoms with Crippen LogP contribution in [-0.2, 0) is 19.3 Å². The van der Waals surface area contributed by atoms with Crippen LogP contribution < -0.4 is 4.74 Å². The van der Waals surface area contributed by atoms with Crippen molar-refractivity contribution >= 4 is 15.9 Å². The maximum atomic E-state index is 13.6. The van der Waals surface area contributed by atoms with Crippen LogP contribution in [-0.4, -0.2) is 17.8 Å². The van der Waals surface area contributed by atoms with Crippen LogP contribution in [0.2, 0.25) is 0 Å². The van der Waals surface area contributed by atoms with Crippen molar-refractivity contribution in [3.05, 3.63) is 63.4 Å². The third kappa shape index (κ3) is 3.27. The summed E-state index contributed by atoms with van der Waals surface area (Å²) in [5, 5.41) is 10.3. The number of rotatable bonds is 4. The van der Waals surface area contributed by atoms with Gasteiger partial charge in [-0.2, -0.15) is 0 Å². The van der Waals surface area contributed by atoms with Crippen molar-refractivity contribution in [2.45, 2.75) is 25.4 Å². The summed E-state index contributed by atoms with van der Waals surface area (Å²) in [7, 11) is 0. The van der Waals surface area contributed by atoms with Crippen molar-refractivity contribution < 1.29 is 14.2 Å². The second-order valence-electron chi connectivity index (χ2n) is 5.31. The lowest BCUT2D eigenvalue weighted by Crippen LogP contribution is -2.15. The fourth-order valence-electron chi connectivity index (χ4n) is 2.74. The van der Waals surface area contributed by atoms with Gasteiger partial charge in [-0.15, -0.1) is 0 Å². The van der Waals surface area contributed by atoms with E-state index in [-0.39, 0.29) is 5.82 Å². The van der Waals surface area contributed by atoms with Gasteiger partial charge in [0.15, 0.2) is 0 Å². The molecule has 1 heterocycles. The van der Waals surface area contributed by atoms with Gasteiger partial charge in [0.2, 0.25) is 0 Å². The zero-order chi connectivity index (χ0) is 14.8. The Hall–Kier alpha value is -1.39. The molecule has 1 aliphatic rings. The molecule has 2 nitrogen and oxygen atoms in total. The maximum absolute atomic E-state index is 13.6. The molecule has 0 aliphatic carbocycles. The molecule has 1 unspecified atom stereocenters. The molecule has 0 saturated heterocycles. The Labute approximate surface area is 131 Å². The third-order valence-corrected chi connectivity index (χ3v) is 4.15. The van der Waals surface area contributed by atoms with Crippen molar-refractivity contribution in [2.24, 2.45) is 0 Å². The number of fused-ring (bicyclic) bond motifs is 1. The molecule has 0 bridgehead atoms. The molecule has 1 aliphatic heterocycles. The molecule has 2 aromatic carbocycles. The Kier molecular flexibility index (Phi) is 4.27. The Morgan fingerprint density at radius 3 is 2.76 bits per heavy atom. The minimum atomic E-state index is -0.635. The fraction of sp³-hybridized carbons (Fsp3) is 0.294. The first kappa shape index (κ1) is 14.5. The second-order valence-corrected chi connectivity index (χ2v) is 6.22. The molecular formula is C17H16BrFO2. The number of halogens is 2. The molecular weight excluding hydrogens is 335 g/mol. The Morgan fingerprint density at radius 1 is 1.19 bits per heavy atom. The number of hydrogen-bond donors (Lipinski definition) is 1. The molecule has 0 saturated carbocycles. The third-order valence-electron chi connectivity index (χ3n) is 3.69. The molecule has 21 heavy (non-hydrogen) atoms. The lowest BCUT2D eigenvalue weighted by molar-refractivity contribution is 0.173. The lowest BCUT2D eigenvalue weighted by Gasteiger charge is -2.14. The summed E-state index contributed by atoms with van der Waals surface area (Å²) in [6.45, 7) is 0.683. The molecule has 0 radical (unpaired) electrons. The van der Waals surface area contributed by atoms with Gasteiger partial charge in [-0.05, 0) is 34.9 Å². The van der Waals surface area contributed by atoms with Gasteiger partial charge in [0.25, 0.3) is 0 Å². The van der Waals surface area contributed by atoms with E-state index in [1.807, 2.05) is 6.07 Å². The quantitative estimate of drug-likeness (QED) is 0.911. The standard InChI is InChI=1S/C17H16BrFO2/c18-14-7-12-5-6-21-17(12)13(8-14)10-15(20)9-11-3-1-2-4-16(11)19/h1-4,7-8,15,20H,5-6,9-10H2. The number of hydrogen-bond acceptors (Lipinski definition) is 2.